The van der Waals surface area contributed by atoms with Gasteiger partial charge in [-0.1, -0.05) is 31.5 Å². The molecule has 0 aliphatic heterocycles. The van der Waals surface area contributed by atoms with Gasteiger partial charge in [0.1, 0.15) is 5.75 Å². The van der Waals surface area contributed by atoms with Gasteiger partial charge >= 0.3 is 5.97 Å². The maximum atomic E-state index is 13.5. The summed E-state index contributed by atoms with van der Waals surface area (Å²) in [4.78, 5) is 12.2. The van der Waals surface area contributed by atoms with Crippen LogP contribution in [0.2, 0.25) is 0 Å². The zero-order valence-corrected chi connectivity index (χ0v) is 20.5. The van der Waals surface area contributed by atoms with E-state index in [1.165, 1.54) is 31.7 Å². The Balaban J connectivity index is 2.14. The van der Waals surface area contributed by atoms with Crippen LogP contribution in [0.3, 0.4) is 0 Å². The van der Waals surface area contributed by atoms with Crippen LogP contribution in [0.15, 0.2) is 45.7 Å². The zero-order valence-electron chi connectivity index (χ0n) is 19.7. The van der Waals surface area contributed by atoms with Crippen molar-refractivity contribution in [2.75, 3.05) is 27.9 Å². The lowest BCUT2D eigenvalue weighted by Crippen LogP contribution is -2.34. The molecular formula is C24H29NO7S. The molecule has 8 nitrogen and oxygen atoms in total. The van der Waals surface area contributed by atoms with E-state index in [2.05, 4.69) is 0 Å². The van der Waals surface area contributed by atoms with Gasteiger partial charge in [-0.2, -0.15) is 4.31 Å². The van der Waals surface area contributed by atoms with Crippen LogP contribution in [0, 0.1) is 12.8 Å². The Bertz CT molecular complexity index is 1240. The number of aryl methyl sites for hydroxylation is 1. The number of ether oxygens (including phenoxy) is 3. The Hall–Kier alpha value is -3.04. The molecule has 3 rings (SSSR count). The molecule has 0 amide bonds. The Morgan fingerprint density at radius 1 is 1.06 bits per heavy atom. The molecule has 0 spiro atoms. The van der Waals surface area contributed by atoms with Gasteiger partial charge in [0.05, 0.1) is 31.6 Å². The number of esters is 1. The molecule has 0 saturated heterocycles. The fraction of sp³-hybridized carbons (Fsp3) is 0.375. The van der Waals surface area contributed by atoms with Gasteiger partial charge < -0.3 is 18.6 Å². The first-order valence-corrected chi connectivity index (χ1v) is 11.9. The number of nitrogens with zero attached hydrogens (tertiary/aromatic N) is 1. The number of furan rings is 1. The molecule has 0 saturated carbocycles. The number of methoxy groups -OCH3 is 3. The number of rotatable bonds is 9. The van der Waals surface area contributed by atoms with Crippen molar-refractivity contribution in [1.29, 1.82) is 0 Å². The molecule has 0 radical (unpaired) electrons. The fourth-order valence-electron chi connectivity index (χ4n) is 3.62. The highest BCUT2D eigenvalue weighted by Crippen LogP contribution is 2.40. The molecule has 3 aromatic rings. The van der Waals surface area contributed by atoms with E-state index in [1.54, 1.807) is 30.3 Å². The number of carbonyl (C=O) groups is 1. The number of hydrogen-bond acceptors (Lipinski definition) is 7. The zero-order chi connectivity index (χ0) is 24.3. The van der Waals surface area contributed by atoms with Crippen molar-refractivity contribution >= 4 is 27.0 Å². The van der Waals surface area contributed by atoms with E-state index in [0.717, 1.165) is 5.56 Å². The highest BCUT2D eigenvalue weighted by atomic mass is 32.2. The molecule has 0 unspecified atom stereocenters. The Morgan fingerprint density at radius 3 is 2.27 bits per heavy atom. The number of carbonyl (C=O) groups excluding carboxylic acids is 1. The summed E-state index contributed by atoms with van der Waals surface area (Å²) in [6.45, 7) is 6.16. The fourth-order valence-corrected chi connectivity index (χ4v) is 5.20. The molecule has 2 aromatic carbocycles. The van der Waals surface area contributed by atoms with E-state index in [9.17, 15) is 13.2 Å². The Morgan fingerprint density at radius 2 is 1.73 bits per heavy atom. The molecule has 1 heterocycles. The Kier molecular flexibility index (Phi) is 7.34. The predicted molar refractivity (Wildman–Crippen MR) is 124 cm³/mol. The van der Waals surface area contributed by atoms with Crippen molar-refractivity contribution in [3.8, 4) is 11.5 Å². The minimum atomic E-state index is -3.78. The van der Waals surface area contributed by atoms with Crippen molar-refractivity contribution in [3.05, 3.63) is 53.3 Å². The van der Waals surface area contributed by atoms with Gasteiger partial charge in [-0.05, 0) is 31.0 Å². The first kappa shape index (κ1) is 24.6. The van der Waals surface area contributed by atoms with Gasteiger partial charge in [0.15, 0.2) is 11.3 Å². The molecular weight excluding hydrogens is 446 g/mol. The van der Waals surface area contributed by atoms with E-state index >= 15 is 0 Å². The summed E-state index contributed by atoms with van der Waals surface area (Å²) in [5.41, 5.74) is 1.87. The molecule has 0 atom stereocenters. The third kappa shape index (κ3) is 4.99. The van der Waals surface area contributed by atoms with Gasteiger partial charge in [-0.3, -0.25) is 0 Å². The monoisotopic (exact) mass is 475 g/mol. The largest absolute Gasteiger partial charge is 0.496 e. The number of benzene rings is 2. The van der Waals surface area contributed by atoms with E-state index in [-0.39, 0.29) is 23.1 Å². The SMILES string of the molecule is COC(=O)c1cc2c(OC)c(CN(CC(C)C)S(=O)(=O)c3ccc(C)cc3)cc(OC)c2o1. The normalized spacial score (nSPS) is 11.9. The van der Waals surface area contributed by atoms with Crippen LogP contribution in [-0.4, -0.2) is 46.6 Å². The van der Waals surface area contributed by atoms with E-state index in [1.807, 2.05) is 20.8 Å². The molecule has 0 aliphatic rings. The highest BCUT2D eigenvalue weighted by Gasteiger charge is 2.28. The molecule has 9 heteroatoms. The minimum absolute atomic E-state index is 0.00689. The number of hydrogen-bond donors (Lipinski definition) is 0. The van der Waals surface area contributed by atoms with Gasteiger partial charge in [0, 0.05) is 24.7 Å². The lowest BCUT2D eigenvalue weighted by molar-refractivity contribution is 0.0567. The van der Waals surface area contributed by atoms with Gasteiger partial charge in [-0.25, -0.2) is 13.2 Å². The van der Waals surface area contributed by atoms with E-state index in [0.29, 0.717) is 34.6 Å². The second-order valence-electron chi connectivity index (χ2n) is 8.12. The van der Waals surface area contributed by atoms with Crippen molar-refractivity contribution < 1.29 is 31.8 Å². The van der Waals surface area contributed by atoms with E-state index in [4.69, 9.17) is 18.6 Å². The standard InChI is InChI=1S/C24H29NO7S/c1-15(2)13-25(33(27,28)18-9-7-16(3)8-10-18)14-17-11-20(29-4)23-19(22(17)30-5)12-21(32-23)24(26)31-6/h7-12,15H,13-14H2,1-6H3. The maximum absolute atomic E-state index is 13.5. The number of fused-ring (bicyclic) bond motifs is 1. The van der Waals surface area contributed by atoms with Crippen molar-refractivity contribution in [2.45, 2.75) is 32.2 Å². The first-order valence-electron chi connectivity index (χ1n) is 10.4. The molecule has 178 valence electrons. The maximum Gasteiger partial charge on any atom is 0.373 e. The second-order valence-corrected chi connectivity index (χ2v) is 10.1. The van der Waals surface area contributed by atoms with Crippen LogP contribution < -0.4 is 9.47 Å². The second kappa shape index (κ2) is 9.84. The summed E-state index contributed by atoms with van der Waals surface area (Å²) in [5.74, 6) is 0.195. The van der Waals surface area contributed by atoms with E-state index < -0.39 is 16.0 Å². The first-order chi connectivity index (χ1) is 15.6. The summed E-state index contributed by atoms with van der Waals surface area (Å²) in [5, 5.41) is 0.490. The molecule has 33 heavy (non-hydrogen) atoms. The van der Waals surface area contributed by atoms with Crippen LogP contribution in [-0.2, 0) is 21.3 Å². The third-order valence-corrected chi connectivity index (χ3v) is 7.01. The van der Waals surface area contributed by atoms with Crippen molar-refractivity contribution in [1.82, 2.24) is 4.31 Å². The van der Waals surface area contributed by atoms with Gasteiger partial charge in [0.2, 0.25) is 15.8 Å². The smallest absolute Gasteiger partial charge is 0.373 e. The molecule has 0 aliphatic carbocycles. The van der Waals surface area contributed by atoms with Gasteiger partial charge in [-0.15, -0.1) is 0 Å². The quantitative estimate of drug-likeness (QED) is 0.424. The third-order valence-electron chi connectivity index (χ3n) is 5.18. The summed E-state index contributed by atoms with van der Waals surface area (Å²) < 4.78 is 49.9. The predicted octanol–water partition coefficient (Wildman–Crippen LogP) is 4.39. The summed E-state index contributed by atoms with van der Waals surface area (Å²) in [7, 11) is 0.433. The lowest BCUT2D eigenvalue weighted by atomic mass is 10.1. The average molecular weight is 476 g/mol. The van der Waals surface area contributed by atoms with Crippen LogP contribution in [0.25, 0.3) is 11.0 Å². The summed E-state index contributed by atoms with van der Waals surface area (Å²) in [6.07, 6.45) is 0. The lowest BCUT2D eigenvalue weighted by Gasteiger charge is -2.25. The van der Waals surface area contributed by atoms with Crippen LogP contribution in [0.1, 0.15) is 35.5 Å². The average Bonchev–Trinajstić information content (AvgIpc) is 3.22. The molecule has 1 aromatic heterocycles. The van der Waals surface area contributed by atoms with Crippen LogP contribution in [0.4, 0.5) is 0 Å². The van der Waals surface area contributed by atoms with Crippen molar-refractivity contribution in [3.63, 3.8) is 0 Å². The molecule has 0 fully saturated rings. The van der Waals surface area contributed by atoms with Crippen LogP contribution in [0.5, 0.6) is 11.5 Å². The summed E-state index contributed by atoms with van der Waals surface area (Å²) in [6, 6.07) is 9.94. The Labute approximate surface area is 194 Å². The van der Waals surface area contributed by atoms with Gasteiger partial charge in [0.25, 0.3) is 0 Å². The molecule has 0 N–H and O–H groups in total. The topological polar surface area (TPSA) is 95.3 Å². The molecule has 0 bridgehead atoms. The highest BCUT2D eigenvalue weighted by molar-refractivity contribution is 7.89. The number of sulfonamides is 1. The van der Waals surface area contributed by atoms with Crippen molar-refractivity contribution in [2.24, 2.45) is 5.92 Å². The minimum Gasteiger partial charge on any atom is -0.496 e. The van der Waals surface area contributed by atoms with Crippen LogP contribution >= 0.6 is 0 Å². The summed E-state index contributed by atoms with van der Waals surface area (Å²) >= 11 is 0.